The van der Waals surface area contributed by atoms with E-state index in [1.165, 1.54) is 5.56 Å². The maximum absolute atomic E-state index is 12.2. The molecule has 1 unspecified atom stereocenters. The van der Waals surface area contributed by atoms with Gasteiger partial charge in [-0.25, -0.2) is 0 Å². The van der Waals surface area contributed by atoms with Gasteiger partial charge in [0.05, 0.1) is 6.61 Å². The summed E-state index contributed by atoms with van der Waals surface area (Å²) in [5, 5.41) is 3.28. The molecule has 1 heterocycles. The molecule has 0 saturated carbocycles. The number of unbranched alkanes of at least 4 members (excludes halogenated alkanes) is 1. The van der Waals surface area contributed by atoms with Crippen LogP contribution in [0, 0.1) is 0 Å². The van der Waals surface area contributed by atoms with Crippen LogP contribution in [0.1, 0.15) is 25.3 Å². The molecule has 1 N–H and O–H groups in total. The van der Waals surface area contributed by atoms with E-state index in [-0.39, 0.29) is 12.0 Å². The van der Waals surface area contributed by atoms with Crippen LogP contribution in [0.5, 0.6) is 0 Å². The van der Waals surface area contributed by atoms with Crippen LogP contribution < -0.4 is 5.32 Å². The van der Waals surface area contributed by atoms with Crippen molar-refractivity contribution in [2.45, 2.75) is 32.4 Å². The normalized spacial score (nSPS) is 19.8. The molecule has 0 bridgehead atoms. The number of rotatable bonds is 6. The lowest BCUT2D eigenvalue weighted by atomic mass is 10.1. The molecule has 4 heteroatoms. The van der Waals surface area contributed by atoms with E-state index in [4.69, 9.17) is 4.74 Å². The Morgan fingerprint density at radius 1 is 1.40 bits per heavy atom. The Hall–Kier alpha value is -1.39. The van der Waals surface area contributed by atoms with E-state index in [1.807, 2.05) is 18.2 Å². The molecular formula is C16H24N2O2. The minimum absolute atomic E-state index is 0.0958. The second kappa shape index (κ2) is 8.02. The maximum Gasteiger partial charge on any atom is 0.324 e. The number of carbonyl (C=O) groups is 1. The molecule has 1 aromatic carbocycles. The van der Waals surface area contributed by atoms with E-state index in [9.17, 15) is 4.79 Å². The molecule has 20 heavy (non-hydrogen) atoms. The Balaban J connectivity index is 1.92. The molecule has 0 aromatic heterocycles. The number of ether oxygens (including phenoxy) is 1. The fraction of sp³-hybridized carbons (Fsp3) is 0.562. The van der Waals surface area contributed by atoms with Gasteiger partial charge in [0.1, 0.15) is 6.04 Å². The van der Waals surface area contributed by atoms with Crippen LogP contribution in [0.25, 0.3) is 0 Å². The second-order valence-corrected chi connectivity index (χ2v) is 5.20. The zero-order valence-corrected chi connectivity index (χ0v) is 12.2. The van der Waals surface area contributed by atoms with Crippen molar-refractivity contribution in [2.75, 3.05) is 26.2 Å². The molecular weight excluding hydrogens is 252 g/mol. The molecule has 1 aliphatic rings. The average Bonchev–Trinajstić information content (AvgIpc) is 2.49. The lowest BCUT2D eigenvalue weighted by molar-refractivity contribution is -0.151. The Kier molecular flexibility index (Phi) is 6.02. The van der Waals surface area contributed by atoms with Gasteiger partial charge in [0.15, 0.2) is 0 Å². The lowest BCUT2D eigenvalue weighted by Crippen LogP contribution is -2.54. The lowest BCUT2D eigenvalue weighted by Gasteiger charge is -2.34. The van der Waals surface area contributed by atoms with Crippen molar-refractivity contribution in [2.24, 2.45) is 0 Å². The summed E-state index contributed by atoms with van der Waals surface area (Å²) in [5.74, 6) is -0.0958. The minimum atomic E-state index is -0.166. The van der Waals surface area contributed by atoms with Gasteiger partial charge in [0.25, 0.3) is 0 Å². The molecule has 0 radical (unpaired) electrons. The molecule has 0 amide bonds. The highest BCUT2D eigenvalue weighted by Crippen LogP contribution is 2.11. The van der Waals surface area contributed by atoms with Crippen molar-refractivity contribution in [1.29, 1.82) is 0 Å². The molecule has 1 atom stereocenters. The first-order valence-corrected chi connectivity index (χ1v) is 7.46. The van der Waals surface area contributed by atoms with Crippen LogP contribution >= 0.6 is 0 Å². The van der Waals surface area contributed by atoms with E-state index in [1.54, 1.807) is 0 Å². The number of benzene rings is 1. The van der Waals surface area contributed by atoms with Crippen molar-refractivity contribution >= 4 is 5.97 Å². The van der Waals surface area contributed by atoms with Crippen molar-refractivity contribution < 1.29 is 9.53 Å². The van der Waals surface area contributed by atoms with Crippen molar-refractivity contribution in [3.8, 4) is 0 Å². The van der Waals surface area contributed by atoms with Crippen LogP contribution in [0.15, 0.2) is 30.3 Å². The Bertz CT molecular complexity index is 408. The summed E-state index contributed by atoms with van der Waals surface area (Å²) < 4.78 is 5.37. The number of nitrogens with zero attached hydrogens (tertiary/aromatic N) is 1. The van der Waals surface area contributed by atoms with Gasteiger partial charge in [-0.1, -0.05) is 43.7 Å². The van der Waals surface area contributed by atoms with Gasteiger partial charge in [-0.3, -0.25) is 9.69 Å². The highest BCUT2D eigenvalue weighted by Gasteiger charge is 2.29. The summed E-state index contributed by atoms with van der Waals surface area (Å²) >= 11 is 0. The molecule has 1 aromatic rings. The van der Waals surface area contributed by atoms with Crippen LogP contribution in [0.2, 0.25) is 0 Å². The van der Waals surface area contributed by atoms with Crippen LogP contribution in [0.3, 0.4) is 0 Å². The number of hydrogen-bond donors (Lipinski definition) is 1. The van der Waals surface area contributed by atoms with Gasteiger partial charge < -0.3 is 10.1 Å². The quantitative estimate of drug-likeness (QED) is 0.635. The minimum Gasteiger partial charge on any atom is -0.464 e. The summed E-state index contributed by atoms with van der Waals surface area (Å²) in [6.45, 7) is 5.91. The number of nitrogens with one attached hydrogen (secondary N) is 1. The maximum atomic E-state index is 12.2. The molecule has 110 valence electrons. The van der Waals surface area contributed by atoms with Gasteiger partial charge in [-0.2, -0.15) is 0 Å². The Labute approximate surface area is 121 Å². The van der Waals surface area contributed by atoms with Gasteiger partial charge in [-0.15, -0.1) is 0 Å². The predicted octanol–water partition coefficient (Wildman–Crippen LogP) is 1.80. The number of piperazine rings is 1. The first kappa shape index (κ1) is 15.0. The molecule has 1 fully saturated rings. The van der Waals surface area contributed by atoms with Gasteiger partial charge in [0.2, 0.25) is 0 Å². The van der Waals surface area contributed by atoms with Gasteiger partial charge >= 0.3 is 5.97 Å². The van der Waals surface area contributed by atoms with Crippen LogP contribution in [-0.2, 0) is 16.1 Å². The van der Waals surface area contributed by atoms with Crippen molar-refractivity contribution in [3.05, 3.63) is 35.9 Å². The van der Waals surface area contributed by atoms with Crippen molar-refractivity contribution in [1.82, 2.24) is 10.2 Å². The van der Waals surface area contributed by atoms with E-state index < -0.39 is 0 Å². The highest BCUT2D eigenvalue weighted by molar-refractivity contribution is 5.76. The third kappa shape index (κ3) is 4.32. The standard InChI is InChI=1S/C16H24N2O2/c1-2-3-11-20-16(19)15-12-17-9-10-18(15)13-14-7-5-4-6-8-14/h4-8,15,17H,2-3,9-13H2,1H3. The summed E-state index contributed by atoms with van der Waals surface area (Å²) in [4.78, 5) is 14.4. The fourth-order valence-electron chi connectivity index (χ4n) is 2.40. The van der Waals surface area contributed by atoms with E-state index >= 15 is 0 Å². The fourth-order valence-corrected chi connectivity index (χ4v) is 2.40. The first-order chi connectivity index (χ1) is 9.81. The van der Waals surface area contributed by atoms with Crippen LogP contribution in [-0.4, -0.2) is 43.2 Å². The van der Waals surface area contributed by atoms with Crippen molar-refractivity contribution in [3.63, 3.8) is 0 Å². The summed E-state index contributed by atoms with van der Waals surface area (Å²) in [6.07, 6.45) is 1.98. The first-order valence-electron chi connectivity index (χ1n) is 7.46. The molecule has 1 aliphatic heterocycles. The SMILES string of the molecule is CCCCOC(=O)C1CNCCN1Cc1ccccc1. The zero-order valence-electron chi connectivity index (χ0n) is 12.2. The average molecular weight is 276 g/mol. The molecule has 4 nitrogen and oxygen atoms in total. The monoisotopic (exact) mass is 276 g/mol. The topological polar surface area (TPSA) is 41.6 Å². The number of carbonyl (C=O) groups excluding carboxylic acids is 1. The Morgan fingerprint density at radius 3 is 2.95 bits per heavy atom. The van der Waals surface area contributed by atoms with Crippen LogP contribution in [0.4, 0.5) is 0 Å². The third-order valence-electron chi connectivity index (χ3n) is 3.60. The summed E-state index contributed by atoms with van der Waals surface area (Å²) in [7, 11) is 0. The Morgan fingerprint density at radius 2 is 2.20 bits per heavy atom. The van der Waals surface area contributed by atoms with E-state index in [0.29, 0.717) is 13.2 Å². The molecule has 2 rings (SSSR count). The van der Waals surface area contributed by atoms with E-state index in [2.05, 4.69) is 29.3 Å². The molecule has 1 saturated heterocycles. The molecule has 0 spiro atoms. The predicted molar refractivity (Wildman–Crippen MR) is 79.4 cm³/mol. The number of esters is 1. The highest BCUT2D eigenvalue weighted by atomic mass is 16.5. The van der Waals surface area contributed by atoms with Gasteiger partial charge in [-0.05, 0) is 12.0 Å². The van der Waals surface area contributed by atoms with E-state index in [0.717, 1.165) is 32.5 Å². The second-order valence-electron chi connectivity index (χ2n) is 5.20. The largest absolute Gasteiger partial charge is 0.464 e. The third-order valence-corrected chi connectivity index (χ3v) is 3.60. The smallest absolute Gasteiger partial charge is 0.324 e. The summed E-state index contributed by atoms with van der Waals surface area (Å²) in [5.41, 5.74) is 1.24. The number of hydrogen-bond acceptors (Lipinski definition) is 4. The summed E-state index contributed by atoms with van der Waals surface area (Å²) in [6, 6.07) is 10.1. The zero-order chi connectivity index (χ0) is 14.2. The van der Waals surface area contributed by atoms with Gasteiger partial charge in [0, 0.05) is 26.2 Å². The molecule has 0 aliphatic carbocycles.